The Bertz CT molecular complexity index is 1270. The minimum absolute atomic E-state index is 0.00535. The van der Waals surface area contributed by atoms with Crippen molar-refractivity contribution in [2.24, 2.45) is 0 Å². The van der Waals surface area contributed by atoms with Crippen molar-refractivity contribution in [2.75, 3.05) is 23.4 Å². The van der Waals surface area contributed by atoms with Gasteiger partial charge in [0.15, 0.2) is 29.4 Å². The van der Waals surface area contributed by atoms with Crippen molar-refractivity contribution in [2.45, 2.75) is 19.9 Å². The topological polar surface area (TPSA) is 76.3 Å². The third-order valence-corrected chi connectivity index (χ3v) is 5.14. The Labute approximate surface area is 176 Å². The molecular formula is C22H19F2N5O2. The molecule has 0 amide bonds. The van der Waals surface area contributed by atoms with Gasteiger partial charge >= 0.3 is 0 Å². The van der Waals surface area contributed by atoms with Crippen molar-refractivity contribution in [3.8, 4) is 17.0 Å². The average molecular weight is 423 g/mol. The maximum absolute atomic E-state index is 14.8. The molecule has 1 aliphatic heterocycles. The van der Waals surface area contributed by atoms with Crippen LogP contribution in [-0.2, 0) is 0 Å². The third kappa shape index (κ3) is 3.52. The fourth-order valence-corrected chi connectivity index (χ4v) is 3.67. The van der Waals surface area contributed by atoms with Crippen molar-refractivity contribution in [1.82, 2.24) is 15.0 Å². The monoisotopic (exact) mass is 423 g/mol. The summed E-state index contributed by atoms with van der Waals surface area (Å²) in [6.45, 7) is 5.04. The van der Waals surface area contributed by atoms with Gasteiger partial charge in [-0.05, 0) is 38.1 Å². The van der Waals surface area contributed by atoms with Crippen LogP contribution >= 0.6 is 0 Å². The van der Waals surface area contributed by atoms with Gasteiger partial charge in [-0.25, -0.2) is 23.7 Å². The van der Waals surface area contributed by atoms with Crippen molar-refractivity contribution >= 4 is 28.4 Å². The second-order valence-corrected chi connectivity index (χ2v) is 7.49. The second-order valence-electron chi connectivity index (χ2n) is 7.49. The van der Waals surface area contributed by atoms with Crippen LogP contribution in [0.3, 0.4) is 0 Å². The van der Waals surface area contributed by atoms with E-state index in [0.717, 1.165) is 6.20 Å². The summed E-state index contributed by atoms with van der Waals surface area (Å²) in [6.07, 6.45) is 2.42. The van der Waals surface area contributed by atoms with Gasteiger partial charge in [0.05, 0.1) is 18.4 Å². The van der Waals surface area contributed by atoms with Gasteiger partial charge in [-0.15, -0.1) is 0 Å². The molecule has 3 heterocycles. The van der Waals surface area contributed by atoms with E-state index in [0.29, 0.717) is 41.2 Å². The molecule has 0 fully saturated rings. The lowest BCUT2D eigenvalue weighted by molar-refractivity contribution is 0.287. The predicted molar refractivity (Wildman–Crippen MR) is 113 cm³/mol. The minimum atomic E-state index is -0.650. The quantitative estimate of drug-likeness (QED) is 0.500. The van der Waals surface area contributed by atoms with Gasteiger partial charge in [-0.1, -0.05) is 0 Å². The standard InChI is InChI=1S/C22H19F2N5O2/c1-12(2)29-5-6-30-21-15(23)7-13(8-18(21)29)20-16(24)10-25-22(28-20)27-14-3-4-17-19(9-14)31-11-26-17/h3-4,7-12H,5-6H2,1-2H3,(H,25,27,28). The molecule has 1 aliphatic rings. The minimum Gasteiger partial charge on any atom is -0.486 e. The fourth-order valence-electron chi connectivity index (χ4n) is 3.67. The third-order valence-electron chi connectivity index (χ3n) is 5.14. The Kier molecular flexibility index (Phi) is 4.65. The van der Waals surface area contributed by atoms with E-state index in [1.807, 2.05) is 18.7 Å². The fraction of sp³-hybridized carbons (Fsp3) is 0.227. The molecule has 0 spiro atoms. The highest BCUT2D eigenvalue weighted by atomic mass is 19.1. The van der Waals surface area contributed by atoms with Crippen molar-refractivity contribution in [1.29, 1.82) is 0 Å². The number of aromatic nitrogens is 3. The van der Waals surface area contributed by atoms with E-state index in [1.165, 1.54) is 12.5 Å². The van der Waals surface area contributed by atoms with E-state index < -0.39 is 11.6 Å². The Morgan fingerprint density at radius 1 is 1.10 bits per heavy atom. The first-order valence-electron chi connectivity index (χ1n) is 9.86. The van der Waals surface area contributed by atoms with E-state index in [9.17, 15) is 8.78 Å². The van der Waals surface area contributed by atoms with Crippen LogP contribution in [0.1, 0.15) is 13.8 Å². The SMILES string of the molecule is CC(C)N1CCOc2c(F)cc(-c3nc(Nc4ccc5ncoc5c4)ncc3F)cc21. The summed E-state index contributed by atoms with van der Waals surface area (Å²) in [5, 5.41) is 3.02. The number of hydrogen-bond donors (Lipinski definition) is 1. The Morgan fingerprint density at radius 3 is 2.81 bits per heavy atom. The van der Waals surface area contributed by atoms with E-state index in [-0.39, 0.29) is 23.4 Å². The highest BCUT2D eigenvalue weighted by molar-refractivity contribution is 5.78. The van der Waals surface area contributed by atoms with Gasteiger partial charge in [0.2, 0.25) is 5.95 Å². The van der Waals surface area contributed by atoms with Crippen LogP contribution in [-0.4, -0.2) is 34.1 Å². The summed E-state index contributed by atoms with van der Waals surface area (Å²) in [4.78, 5) is 14.4. The van der Waals surface area contributed by atoms with Crippen LogP contribution in [0.5, 0.6) is 5.75 Å². The van der Waals surface area contributed by atoms with E-state index in [4.69, 9.17) is 9.15 Å². The number of benzene rings is 2. The molecule has 9 heteroatoms. The number of ether oxygens (including phenoxy) is 1. The Balaban J connectivity index is 1.53. The number of nitrogens with zero attached hydrogens (tertiary/aromatic N) is 4. The van der Waals surface area contributed by atoms with Crippen LogP contribution in [0.25, 0.3) is 22.4 Å². The highest BCUT2D eigenvalue weighted by Crippen LogP contribution is 2.39. The first-order chi connectivity index (χ1) is 15.0. The first kappa shape index (κ1) is 19.2. The van der Waals surface area contributed by atoms with Crippen LogP contribution < -0.4 is 15.0 Å². The van der Waals surface area contributed by atoms with Crippen LogP contribution in [0.2, 0.25) is 0 Å². The molecule has 31 heavy (non-hydrogen) atoms. The number of halogens is 2. The molecule has 7 nitrogen and oxygen atoms in total. The second kappa shape index (κ2) is 7.50. The molecular weight excluding hydrogens is 404 g/mol. The van der Waals surface area contributed by atoms with Gasteiger partial charge in [0, 0.05) is 23.4 Å². The molecule has 2 aromatic heterocycles. The molecule has 0 atom stereocenters. The molecule has 4 aromatic rings. The van der Waals surface area contributed by atoms with Gasteiger partial charge in [-0.2, -0.15) is 0 Å². The molecule has 2 aromatic carbocycles. The average Bonchev–Trinajstić information content (AvgIpc) is 3.22. The molecule has 0 aliphatic carbocycles. The zero-order valence-electron chi connectivity index (χ0n) is 16.9. The summed E-state index contributed by atoms with van der Waals surface area (Å²) < 4.78 is 40.2. The summed E-state index contributed by atoms with van der Waals surface area (Å²) in [5.74, 6) is -0.855. The molecule has 0 radical (unpaired) electrons. The van der Waals surface area contributed by atoms with Crippen molar-refractivity contribution in [3.05, 3.63) is 54.6 Å². The van der Waals surface area contributed by atoms with Gasteiger partial charge in [0.1, 0.15) is 17.8 Å². The smallest absolute Gasteiger partial charge is 0.227 e. The maximum atomic E-state index is 14.8. The molecule has 5 rings (SSSR count). The van der Waals surface area contributed by atoms with Gasteiger partial charge < -0.3 is 19.4 Å². The van der Waals surface area contributed by atoms with Crippen LogP contribution in [0, 0.1) is 11.6 Å². The highest BCUT2D eigenvalue weighted by Gasteiger charge is 2.25. The molecule has 0 bridgehead atoms. The summed E-state index contributed by atoms with van der Waals surface area (Å²) in [6, 6.07) is 8.38. The van der Waals surface area contributed by atoms with Crippen molar-refractivity contribution < 1.29 is 17.9 Å². The van der Waals surface area contributed by atoms with Gasteiger partial charge in [-0.3, -0.25) is 0 Å². The lowest BCUT2D eigenvalue weighted by atomic mass is 10.1. The lowest BCUT2D eigenvalue weighted by Crippen LogP contribution is -2.38. The van der Waals surface area contributed by atoms with E-state index in [1.54, 1.807) is 24.3 Å². The van der Waals surface area contributed by atoms with E-state index in [2.05, 4.69) is 20.3 Å². The van der Waals surface area contributed by atoms with E-state index >= 15 is 0 Å². The Morgan fingerprint density at radius 2 is 1.97 bits per heavy atom. The number of hydrogen-bond acceptors (Lipinski definition) is 7. The first-order valence-corrected chi connectivity index (χ1v) is 9.86. The number of oxazole rings is 1. The zero-order valence-corrected chi connectivity index (χ0v) is 16.9. The number of rotatable bonds is 4. The van der Waals surface area contributed by atoms with Gasteiger partial charge in [0.25, 0.3) is 0 Å². The lowest BCUT2D eigenvalue weighted by Gasteiger charge is -2.34. The summed E-state index contributed by atoms with van der Waals surface area (Å²) in [5.41, 5.74) is 2.85. The maximum Gasteiger partial charge on any atom is 0.227 e. The Hall–Kier alpha value is -3.75. The summed E-state index contributed by atoms with van der Waals surface area (Å²) >= 11 is 0. The molecule has 0 saturated heterocycles. The molecule has 0 saturated carbocycles. The molecule has 0 unspecified atom stereocenters. The molecule has 1 N–H and O–H groups in total. The number of nitrogens with one attached hydrogen (secondary N) is 1. The normalized spacial score (nSPS) is 13.4. The van der Waals surface area contributed by atoms with Crippen LogP contribution in [0.4, 0.5) is 26.1 Å². The van der Waals surface area contributed by atoms with Crippen molar-refractivity contribution in [3.63, 3.8) is 0 Å². The zero-order chi connectivity index (χ0) is 21.5. The molecule has 158 valence electrons. The summed E-state index contributed by atoms with van der Waals surface area (Å²) in [7, 11) is 0. The predicted octanol–water partition coefficient (Wildman–Crippen LogP) is 4.91. The largest absolute Gasteiger partial charge is 0.486 e. The van der Waals surface area contributed by atoms with Crippen LogP contribution in [0.15, 0.2) is 47.3 Å². The number of anilines is 3. The number of fused-ring (bicyclic) bond motifs is 2.